The lowest BCUT2D eigenvalue weighted by molar-refractivity contribution is -0.137. The number of halogens is 4. The van der Waals surface area contributed by atoms with E-state index in [1.165, 1.54) is 18.4 Å². The van der Waals surface area contributed by atoms with Crippen LogP contribution in [0.4, 0.5) is 13.2 Å². The maximum absolute atomic E-state index is 12.7. The van der Waals surface area contributed by atoms with Gasteiger partial charge < -0.3 is 20.0 Å². The minimum Gasteiger partial charge on any atom is -0.459 e. The van der Waals surface area contributed by atoms with Crippen LogP contribution >= 0.6 is 24.0 Å². The molecule has 6 nitrogen and oxygen atoms in total. The highest BCUT2D eigenvalue weighted by Crippen LogP contribution is 2.29. The van der Waals surface area contributed by atoms with E-state index in [1.807, 2.05) is 6.92 Å². The van der Waals surface area contributed by atoms with E-state index in [-0.39, 0.29) is 35.6 Å². The van der Waals surface area contributed by atoms with Gasteiger partial charge in [-0.15, -0.1) is 24.0 Å². The summed E-state index contributed by atoms with van der Waals surface area (Å²) in [5.74, 6) is 0.508. The third-order valence-corrected chi connectivity index (χ3v) is 3.80. The molecule has 0 aliphatic carbocycles. The summed E-state index contributed by atoms with van der Waals surface area (Å²) in [6.07, 6.45) is -2.92. The average molecular weight is 524 g/mol. The fraction of sp³-hybridized carbons (Fsp3) is 0.368. The van der Waals surface area contributed by atoms with Crippen molar-refractivity contribution in [1.29, 1.82) is 0 Å². The van der Waals surface area contributed by atoms with Crippen molar-refractivity contribution in [1.82, 2.24) is 15.5 Å². The van der Waals surface area contributed by atoms with Crippen LogP contribution < -0.4 is 10.6 Å². The Balaban J connectivity index is 0.00000420. The van der Waals surface area contributed by atoms with Gasteiger partial charge in [0, 0.05) is 26.7 Å². The van der Waals surface area contributed by atoms with Gasteiger partial charge in [0.2, 0.25) is 0 Å². The summed E-state index contributed by atoms with van der Waals surface area (Å²) >= 11 is 0. The highest BCUT2D eigenvalue weighted by atomic mass is 127. The first-order chi connectivity index (χ1) is 13.3. The molecular formula is C19H24F3IN4O2. The molecule has 0 atom stereocenters. The van der Waals surface area contributed by atoms with Crippen LogP contribution in [0.3, 0.4) is 0 Å². The molecule has 10 heteroatoms. The number of alkyl halides is 3. The second-order valence-electron chi connectivity index (χ2n) is 6.02. The quantitative estimate of drug-likeness (QED) is 0.251. The Hall–Kier alpha value is -2.24. The van der Waals surface area contributed by atoms with Crippen molar-refractivity contribution in [3.63, 3.8) is 0 Å². The molecule has 0 saturated heterocycles. The van der Waals surface area contributed by atoms with Gasteiger partial charge in [0.05, 0.1) is 18.4 Å². The molecule has 2 aromatic rings. The molecule has 1 aromatic heterocycles. The molecule has 0 bridgehead atoms. The van der Waals surface area contributed by atoms with E-state index in [0.717, 1.165) is 17.7 Å². The van der Waals surface area contributed by atoms with Gasteiger partial charge in [-0.05, 0) is 36.8 Å². The maximum Gasteiger partial charge on any atom is 0.416 e. The second kappa shape index (κ2) is 11.7. The van der Waals surface area contributed by atoms with Crippen molar-refractivity contribution in [3.8, 4) is 0 Å². The molecule has 2 N–H and O–H groups in total. The summed E-state index contributed by atoms with van der Waals surface area (Å²) in [6.45, 7) is 3.60. The predicted molar refractivity (Wildman–Crippen MR) is 115 cm³/mol. The van der Waals surface area contributed by atoms with Crippen LogP contribution in [0.5, 0.6) is 0 Å². The summed E-state index contributed by atoms with van der Waals surface area (Å²) < 4.78 is 43.0. The number of rotatable bonds is 7. The van der Waals surface area contributed by atoms with Gasteiger partial charge in [-0.1, -0.05) is 12.1 Å². The Kier molecular flexibility index (Phi) is 9.99. The van der Waals surface area contributed by atoms with E-state index in [9.17, 15) is 18.0 Å². The third-order valence-electron chi connectivity index (χ3n) is 3.80. The molecule has 0 spiro atoms. The number of hydrogen-bond acceptors (Lipinski definition) is 3. The minimum atomic E-state index is -4.35. The van der Waals surface area contributed by atoms with Gasteiger partial charge in [0.25, 0.3) is 5.91 Å². The number of nitrogens with one attached hydrogen (secondary N) is 2. The molecule has 2 rings (SSSR count). The topological polar surface area (TPSA) is 69.9 Å². The first-order valence-electron chi connectivity index (χ1n) is 8.78. The standard InChI is InChI=1S/C19H23F3N4O2.HI/c1-3-23-18(25-11-10-24-17(27)16-5-4-12-28-16)26(2)13-14-6-8-15(9-7-14)19(20,21)22;/h4-9,12H,3,10-11,13H2,1-2H3,(H,23,25)(H,24,27);1H. The van der Waals surface area contributed by atoms with Crippen LogP contribution in [-0.2, 0) is 12.7 Å². The lowest BCUT2D eigenvalue weighted by Crippen LogP contribution is -2.39. The number of carbonyl (C=O) groups excluding carboxylic acids is 1. The van der Waals surface area contributed by atoms with Crippen molar-refractivity contribution in [2.45, 2.75) is 19.6 Å². The van der Waals surface area contributed by atoms with Gasteiger partial charge in [-0.25, -0.2) is 0 Å². The van der Waals surface area contributed by atoms with E-state index < -0.39 is 11.7 Å². The zero-order valence-corrected chi connectivity index (χ0v) is 18.5. The molecule has 1 heterocycles. The van der Waals surface area contributed by atoms with Gasteiger partial charge in [-0.3, -0.25) is 9.79 Å². The molecule has 160 valence electrons. The van der Waals surface area contributed by atoms with E-state index in [1.54, 1.807) is 24.1 Å². The summed E-state index contributed by atoms with van der Waals surface area (Å²) in [5, 5.41) is 5.82. The number of benzene rings is 1. The van der Waals surface area contributed by atoms with Crippen LogP contribution in [0.2, 0.25) is 0 Å². The van der Waals surface area contributed by atoms with Gasteiger partial charge in [0.15, 0.2) is 11.7 Å². The number of guanidine groups is 1. The first kappa shape index (κ1) is 24.8. The Morgan fingerprint density at radius 2 is 1.86 bits per heavy atom. The fourth-order valence-corrected chi connectivity index (χ4v) is 2.44. The highest BCUT2D eigenvalue weighted by Gasteiger charge is 2.29. The molecular weight excluding hydrogens is 500 g/mol. The zero-order valence-electron chi connectivity index (χ0n) is 16.1. The van der Waals surface area contributed by atoms with Crippen LogP contribution in [-0.4, -0.2) is 43.4 Å². The van der Waals surface area contributed by atoms with Gasteiger partial charge in [0.1, 0.15) is 0 Å². The average Bonchev–Trinajstić information content (AvgIpc) is 3.18. The van der Waals surface area contributed by atoms with Crippen molar-refractivity contribution >= 4 is 35.8 Å². The number of hydrogen-bond donors (Lipinski definition) is 2. The number of amides is 1. The minimum absolute atomic E-state index is 0. The molecule has 0 saturated carbocycles. The summed E-state index contributed by atoms with van der Waals surface area (Å²) in [6, 6.07) is 8.24. The van der Waals surface area contributed by atoms with Crippen molar-refractivity contribution < 1.29 is 22.4 Å². The molecule has 0 aliphatic heterocycles. The molecule has 0 aliphatic rings. The summed E-state index contributed by atoms with van der Waals surface area (Å²) in [4.78, 5) is 18.0. The van der Waals surface area contributed by atoms with Crippen LogP contribution in [0, 0.1) is 0 Å². The van der Waals surface area contributed by atoms with Gasteiger partial charge in [-0.2, -0.15) is 13.2 Å². The maximum atomic E-state index is 12.7. The molecule has 0 unspecified atom stereocenters. The number of carbonyl (C=O) groups is 1. The Morgan fingerprint density at radius 3 is 2.41 bits per heavy atom. The van der Waals surface area contributed by atoms with Crippen LogP contribution in [0.25, 0.3) is 0 Å². The predicted octanol–water partition coefficient (Wildman–Crippen LogP) is 3.74. The van der Waals surface area contributed by atoms with E-state index in [0.29, 0.717) is 32.1 Å². The molecule has 0 fully saturated rings. The zero-order chi connectivity index (χ0) is 20.6. The Labute approximate surface area is 184 Å². The Bertz CT molecular complexity index is 778. The van der Waals surface area contributed by atoms with Crippen molar-refractivity contribution in [2.24, 2.45) is 4.99 Å². The second-order valence-corrected chi connectivity index (χ2v) is 6.02. The molecule has 1 amide bonds. The molecule has 29 heavy (non-hydrogen) atoms. The highest BCUT2D eigenvalue weighted by molar-refractivity contribution is 14.0. The molecule has 0 radical (unpaired) electrons. The van der Waals surface area contributed by atoms with Crippen LogP contribution in [0.1, 0.15) is 28.6 Å². The molecule has 1 aromatic carbocycles. The largest absolute Gasteiger partial charge is 0.459 e. The lowest BCUT2D eigenvalue weighted by Gasteiger charge is -2.22. The van der Waals surface area contributed by atoms with E-state index in [4.69, 9.17) is 4.42 Å². The summed E-state index contributed by atoms with van der Waals surface area (Å²) in [7, 11) is 1.79. The smallest absolute Gasteiger partial charge is 0.416 e. The van der Waals surface area contributed by atoms with Crippen LogP contribution in [0.15, 0.2) is 52.1 Å². The first-order valence-corrected chi connectivity index (χ1v) is 8.78. The SMILES string of the molecule is CCNC(=NCCNC(=O)c1ccco1)N(C)Cc1ccc(C(F)(F)F)cc1.I. The fourth-order valence-electron chi connectivity index (χ4n) is 2.44. The van der Waals surface area contributed by atoms with Crippen molar-refractivity contribution in [3.05, 3.63) is 59.5 Å². The monoisotopic (exact) mass is 524 g/mol. The van der Waals surface area contributed by atoms with E-state index >= 15 is 0 Å². The van der Waals surface area contributed by atoms with Gasteiger partial charge >= 0.3 is 6.18 Å². The third kappa shape index (κ3) is 7.95. The van der Waals surface area contributed by atoms with E-state index in [2.05, 4.69) is 15.6 Å². The normalized spacial score (nSPS) is 11.6. The van der Waals surface area contributed by atoms with Crippen molar-refractivity contribution in [2.75, 3.05) is 26.7 Å². The Morgan fingerprint density at radius 1 is 1.17 bits per heavy atom. The number of nitrogens with zero attached hydrogens (tertiary/aromatic N) is 2. The number of aliphatic imine (C=N–C) groups is 1. The lowest BCUT2D eigenvalue weighted by atomic mass is 10.1. The number of furan rings is 1. The summed E-state index contributed by atoms with van der Waals surface area (Å²) in [5.41, 5.74) is 0.0546.